The predicted octanol–water partition coefficient (Wildman–Crippen LogP) is 14.4. The van der Waals surface area contributed by atoms with Gasteiger partial charge in [-0.3, -0.25) is 0 Å². The maximum Gasteiger partial charge on any atom is 0.252 e. The van der Waals surface area contributed by atoms with E-state index in [9.17, 15) is 0 Å². The van der Waals surface area contributed by atoms with Crippen molar-refractivity contribution in [2.75, 3.05) is 14.7 Å². The summed E-state index contributed by atoms with van der Waals surface area (Å²) in [6, 6.07) is 85.0. The molecular formula is C61H44BN3. The second-order valence-electron chi connectivity index (χ2n) is 18.0. The van der Waals surface area contributed by atoms with E-state index >= 15 is 0 Å². The summed E-state index contributed by atoms with van der Waals surface area (Å²) in [5, 5.41) is 2.49. The molecule has 0 unspecified atom stereocenters. The van der Waals surface area contributed by atoms with Crippen LogP contribution in [0.25, 0.3) is 33.0 Å². The molecule has 13 rings (SSSR count). The lowest BCUT2D eigenvalue weighted by atomic mass is 9.33. The van der Waals surface area contributed by atoms with Gasteiger partial charge in [-0.15, -0.1) is 0 Å². The Labute approximate surface area is 381 Å². The van der Waals surface area contributed by atoms with Crippen molar-refractivity contribution in [3.63, 3.8) is 0 Å². The van der Waals surface area contributed by atoms with Crippen molar-refractivity contribution in [2.24, 2.45) is 0 Å². The smallest absolute Gasteiger partial charge is 0.252 e. The SMILES string of the molecule is CC1(C)c2cc3c(cc2-c2c1cc(N(c1ccccc1)c1ccccc1)c1ccccc21)N(c1ccccc1-c1ccccc1)c1cccc2c1B3c1ccccc1N2c1ccccc1. The van der Waals surface area contributed by atoms with E-state index in [1.54, 1.807) is 0 Å². The number of hydrogen-bond donors (Lipinski definition) is 0. The zero-order chi connectivity index (χ0) is 43.2. The summed E-state index contributed by atoms with van der Waals surface area (Å²) >= 11 is 0. The summed E-state index contributed by atoms with van der Waals surface area (Å²) in [5.41, 5.74) is 22.0. The fourth-order valence-corrected chi connectivity index (χ4v) is 11.4. The van der Waals surface area contributed by atoms with Gasteiger partial charge in [0, 0.05) is 56.2 Å². The van der Waals surface area contributed by atoms with Gasteiger partial charge in [0.15, 0.2) is 0 Å². The molecule has 4 heteroatoms. The predicted molar refractivity (Wildman–Crippen MR) is 276 cm³/mol. The summed E-state index contributed by atoms with van der Waals surface area (Å²) in [6.45, 7) is 4.89. The first-order chi connectivity index (χ1) is 32.1. The van der Waals surface area contributed by atoms with E-state index in [0.717, 1.165) is 22.7 Å². The topological polar surface area (TPSA) is 9.72 Å². The van der Waals surface area contributed by atoms with Crippen LogP contribution in [-0.4, -0.2) is 6.71 Å². The summed E-state index contributed by atoms with van der Waals surface area (Å²) < 4.78 is 0. The number of hydrogen-bond acceptors (Lipinski definition) is 3. The zero-order valence-corrected chi connectivity index (χ0v) is 36.4. The van der Waals surface area contributed by atoms with Crippen LogP contribution in [0, 0.1) is 0 Å². The first-order valence-corrected chi connectivity index (χ1v) is 22.7. The number of rotatable bonds is 6. The number of benzene rings is 10. The maximum absolute atomic E-state index is 2.60. The first-order valence-electron chi connectivity index (χ1n) is 22.7. The van der Waals surface area contributed by atoms with E-state index < -0.39 is 0 Å². The van der Waals surface area contributed by atoms with Crippen LogP contribution < -0.4 is 31.1 Å². The molecule has 65 heavy (non-hydrogen) atoms. The fourth-order valence-electron chi connectivity index (χ4n) is 11.4. The summed E-state index contributed by atoms with van der Waals surface area (Å²) in [7, 11) is 0. The van der Waals surface area contributed by atoms with Gasteiger partial charge < -0.3 is 14.7 Å². The van der Waals surface area contributed by atoms with Crippen LogP contribution in [0.2, 0.25) is 0 Å². The molecule has 0 amide bonds. The summed E-state index contributed by atoms with van der Waals surface area (Å²) in [5.74, 6) is 0. The summed E-state index contributed by atoms with van der Waals surface area (Å²) in [4.78, 5) is 7.49. The molecule has 10 aromatic rings. The molecule has 3 aliphatic rings. The van der Waals surface area contributed by atoms with Gasteiger partial charge in [-0.1, -0.05) is 172 Å². The Morgan fingerprint density at radius 2 is 0.954 bits per heavy atom. The molecule has 1 aliphatic carbocycles. The molecule has 3 nitrogen and oxygen atoms in total. The average molecular weight is 830 g/mol. The molecule has 0 aromatic heterocycles. The highest BCUT2D eigenvalue weighted by molar-refractivity contribution is 7.00. The number of nitrogens with zero attached hydrogens (tertiary/aromatic N) is 3. The van der Waals surface area contributed by atoms with Crippen molar-refractivity contribution < 1.29 is 0 Å². The van der Waals surface area contributed by atoms with Crippen molar-refractivity contribution in [1.82, 2.24) is 0 Å². The Bertz CT molecular complexity index is 3440. The lowest BCUT2D eigenvalue weighted by Gasteiger charge is -2.44. The molecule has 306 valence electrons. The van der Waals surface area contributed by atoms with Gasteiger partial charge >= 0.3 is 0 Å². The third-order valence-corrected chi connectivity index (χ3v) is 14.2. The molecular weight excluding hydrogens is 786 g/mol. The molecule has 0 radical (unpaired) electrons. The van der Waals surface area contributed by atoms with Crippen molar-refractivity contribution >= 4 is 85.1 Å². The van der Waals surface area contributed by atoms with Gasteiger partial charge in [0.05, 0.1) is 11.4 Å². The van der Waals surface area contributed by atoms with Gasteiger partial charge in [-0.2, -0.15) is 0 Å². The molecule has 0 saturated heterocycles. The van der Waals surface area contributed by atoms with Gasteiger partial charge in [-0.25, -0.2) is 0 Å². The van der Waals surface area contributed by atoms with Gasteiger partial charge in [0.2, 0.25) is 0 Å². The van der Waals surface area contributed by atoms with Crippen LogP contribution in [0.3, 0.4) is 0 Å². The van der Waals surface area contributed by atoms with Gasteiger partial charge in [-0.05, 0) is 122 Å². The van der Waals surface area contributed by atoms with E-state index in [-0.39, 0.29) is 12.1 Å². The van der Waals surface area contributed by atoms with Crippen LogP contribution in [-0.2, 0) is 5.41 Å². The zero-order valence-electron chi connectivity index (χ0n) is 36.4. The van der Waals surface area contributed by atoms with Gasteiger partial charge in [0.1, 0.15) is 0 Å². The molecule has 2 heterocycles. The molecule has 0 N–H and O–H groups in total. The second-order valence-corrected chi connectivity index (χ2v) is 18.0. The number of anilines is 9. The normalized spacial score (nSPS) is 13.7. The molecule has 0 bridgehead atoms. The Hall–Kier alpha value is -8.08. The first kappa shape index (κ1) is 37.5. The Morgan fingerprint density at radius 3 is 1.66 bits per heavy atom. The molecule has 0 fully saturated rings. The van der Waals surface area contributed by atoms with Crippen LogP contribution in [0.1, 0.15) is 25.0 Å². The maximum atomic E-state index is 2.60. The van der Waals surface area contributed by atoms with Crippen LogP contribution in [0.15, 0.2) is 231 Å². The van der Waals surface area contributed by atoms with Crippen molar-refractivity contribution in [2.45, 2.75) is 19.3 Å². The minimum absolute atomic E-state index is 0.0104. The van der Waals surface area contributed by atoms with Crippen LogP contribution in [0.4, 0.5) is 51.2 Å². The number of para-hydroxylation sites is 5. The highest BCUT2D eigenvalue weighted by atomic mass is 15.2. The molecule has 0 atom stereocenters. The van der Waals surface area contributed by atoms with E-state index in [0.29, 0.717) is 0 Å². The highest BCUT2D eigenvalue weighted by Crippen LogP contribution is 2.56. The molecule has 10 aromatic carbocycles. The van der Waals surface area contributed by atoms with E-state index in [1.807, 2.05) is 0 Å². The van der Waals surface area contributed by atoms with Crippen LogP contribution >= 0.6 is 0 Å². The van der Waals surface area contributed by atoms with E-state index in [4.69, 9.17) is 0 Å². The minimum Gasteiger partial charge on any atom is -0.311 e. The highest BCUT2D eigenvalue weighted by Gasteiger charge is 2.46. The molecule has 0 spiro atoms. The van der Waals surface area contributed by atoms with Crippen LogP contribution in [0.5, 0.6) is 0 Å². The van der Waals surface area contributed by atoms with Crippen molar-refractivity contribution in [3.8, 4) is 22.3 Å². The Balaban J connectivity index is 1.11. The Kier molecular flexibility index (Phi) is 8.35. The molecule has 2 aliphatic heterocycles. The third-order valence-electron chi connectivity index (χ3n) is 14.2. The monoisotopic (exact) mass is 829 g/mol. The lowest BCUT2D eigenvalue weighted by Crippen LogP contribution is -2.61. The van der Waals surface area contributed by atoms with Crippen molar-refractivity contribution in [3.05, 3.63) is 242 Å². The standard InChI is InChI=1S/C61H44BN3/c1-61(2)49-39-52-58(38-48(49)59-47-32-16-15-31-46(47)57(40-50(59)61)63(42-24-9-4-10-25-42)43-26-11-5-12-27-43)65(53-34-19-17-30-45(53)41-22-7-3-8-23-41)56-37-21-36-55-60(56)62(52)51-33-18-20-35-54(51)64(55)44-28-13-6-14-29-44/h3-40H,1-2H3. The van der Waals surface area contributed by atoms with E-state index in [2.05, 4.69) is 259 Å². The lowest BCUT2D eigenvalue weighted by molar-refractivity contribution is 0.661. The quantitative estimate of drug-likeness (QED) is 0.155. The molecule has 0 saturated carbocycles. The average Bonchev–Trinajstić information content (AvgIpc) is 3.59. The second kappa shape index (κ2) is 14.5. The van der Waals surface area contributed by atoms with Gasteiger partial charge in [0.25, 0.3) is 6.71 Å². The fraction of sp³-hybridized carbons (Fsp3) is 0.0492. The Morgan fingerprint density at radius 1 is 0.400 bits per heavy atom. The summed E-state index contributed by atoms with van der Waals surface area (Å²) in [6.07, 6.45) is 0. The van der Waals surface area contributed by atoms with E-state index in [1.165, 1.54) is 89.0 Å². The minimum atomic E-state index is -0.311. The third kappa shape index (κ3) is 5.57. The largest absolute Gasteiger partial charge is 0.311 e. The van der Waals surface area contributed by atoms with Crippen molar-refractivity contribution in [1.29, 1.82) is 0 Å². The number of fused-ring (bicyclic) bond motifs is 9.